The van der Waals surface area contributed by atoms with Crippen LogP contribution in [0, 0.1) is 4.91 Å². The molecule has 0 aliphatic carbocycles. The molecule has 0 aliphatic heterocycles. The standard InChI is InChI=1S/C13H11ClN2O/c14-12-7-6-10(8-13(12)16-17)9-15-11-4-2-1-3-5-11/h1-8,15H,9H2. The maximum absolute atomic E-state index is 10.5. The van der Waals surface area contributed by atoms with Gasteiger partial charge in [0.05, 0.1) is 5.02 Å². The molecule has 17 heavy (non-hydrogen) atoms. The average molecular weight is 247 g/mol. The van der Waals surface area contributed by atoms with Crippen LogP contribution in [0.1, 0.15) is 5.56 Å². The van der Waals surface area contributed by atoms with Crippen molar-refractivity contribution < 1.29 is 0 Å². The first-order chi connectivity index (χ1) is 8.29. The van der Waals surface area contributed by atoms with Crippen molar-refractivity contribution in [3.63, 3.8) is 0 Å². The van der Waals surface area contributed by atoms with Gasteiger partial charge in [0.1, 0.15) is 5.69 Å². The number of rotatable bonds is 4. The van der Waals surface area contributed by atoms with Crippen LogP contribution < -0.4 is 5.32 Å². The quantitative estimate of drug-likeness (QED) is 0.815. The lowest BCUT2D eigenvalue weighted by molar-refractivity contribution is 1.15. The lowest BCUT2D eigenvalue weighted by atomic mass is 10.2. The molecular weight excluding hydrogens is 236 g/mol. The van der Waals surface area contributed by atoms with Crippen molar-refractivity contribution in [1.29, 1.82) is 0 Å². The van der Waals surface area contributed by atoms with Crippen molar-refractivity contribution in [2.75, 3.05) is 5.32 Å². The molecule has 0 heterocycles. The van der Waals surface area contributed by atoms with E-state index in [1.165, 1.54) is 0 Å². The Morgan fingerprint density at radius 2 is 1.88 bits per heavy atom. The third-order valence-electron chi connectivity index (χ3n) is 2.38. The summed E-state index contributed by atoms with van der Waals surface area (Å²) < 4.78 is 0. The number of nitrogens with one attached hydrogen (secondary N) is 1. The van der Waals surface area contributed by atoms with Gasteiger partial charge < -0.3 is 5.32 Å². The molecule has 0 unspecified atom stereocenters. The van der Waals surface area contributed by atoms with Crippen LogP contribution in [0.3, 0.4) is 0 Å². The van der Waals surface area contributed by atoms with Crippen molar-refractivity contribution in [2.45, 2.75) is 6.54 Å². The topological polar surface area (TPSA) is 41.5 Å². The first-order valence-electron chi connectivity index (χ1n) is 5.20. The summed E-state index contributed by atoms with van der Waals surface area (Å²) in [6, 6.07) is 15.1. The molecule has 0 aliphatic rings. The Balaban J connectivity index is 2.07. The van der Waals surface area contributed by atoms with Gasteiger partial charge in [-0.2, -0.15) is 0 Å². The zero-order chi connectivity index (χ0) is 12.1. The number of anilines is 1. The molecule has 0 saturated heterocycles. The minimum atomic E-state index is 0.277. The van der Waals surface area contributed by atoms with Crippen LogP contribution in [0.2, 0.25) is 5.02 Å². The Morgan fingerprint density at radius 3 is 2.59 bits per heavy atom. The number of hydrogen-bond donors (Lipinski definition) is 1. The predicted octanol–water partition coefficient (Wildman–Crippen LogP) is 4.35. The van der Waals surface area contributed by atoms with Gasteiger partial charge in [-0.25, -0.2) is 0 Å². The molecule has 0 amide bonds. The first-order valence-corrected chi connectivity index (χ1v) is 5.58. The maximum Gasteiger partial charge on any atom is 0.126 e. The second kappa shape index (κ2) is 5.46. The molecule has 86 valence electrons. The first kappa shape index (κ1) is 11.6. The van der Waals surface area contributed by atoms with Gasteiger partial charge >= 0.3 is 0 Å². The van der Waals surface area contributed by atoms with Crippen LogP contribution in [-0.4, -0.2) is 0 Å². The molecule has 0 aromatic heterocycles. The molecule has 2 rings (SSSR count). The summed E-state index contributed by atoms with van der Waals surface area (Å²) in [4.78, 5) is 10.5. The Hall–Kier alpha value is -1.87. The van der Waals surface area contributed by atoms with E-state index in [0.717, 1.165) is 11.3 Å². The highest BCUT2D eigenvalue weighted by Gasteiger charge is 2.02. The normalized spacial score (nSPS) is 9.94. The maximum atomic E-state index is 10.5. The van der Waals surface area contributed by atoms with E-state index >= 15 is 0 Å². The lowest BCUT2D eigenvalue weighted by Crippen LogP contribution is -1.98. The zero-order valence-electron chi connectivity index (χ0n) is 9.06. The van der Waals surface area contributed by atoms with Crippen LogP contribution in [0.5, 0.6) is 0 Å². The summed E-state index contributed by atoms with van der Waals surface area (Å²) in [6.45, 7) is 0.629. The fraction of sp³-hybridized carbons (Fsp3) is 0.0769. The van der Waals surface area contributed by atoms with Gasteiger partial charge in [0.2, 0.25) is 0 Å². The van der Waals surface area contributed by atoms with Gasteiger partial charge in [-0.15, -0.1) is 4.91 Å². The number of para-hydroxylation sites is 1. The van der Waals surface area contributed by atoms with Crippen LogP contribution in [0.15, 0.2) is 53.7 Å². The van der Waals surface area contributed by atoms with Crippen molar-refractivity contribution in [2.24, 2.45) is 5.18 Å². The SMILES string of the molecule is O=Nc1cc(CNc2ccccc2)ccc1Cl. The van der Waals surface area contributed by atoms with Gasteiger partial charge in [-0.1, -0.05) is 35.9 Å². The summed E-state index contributed by atoms with van der Waals surface area (Å²) in [6.07, 6.45) is 0. The smallest absolute Gasteiger partial charge is 0.126 e. The second-order valence-electron chi connectivity index (χ2n) is 3.60. The van der Waals surface area contributed by atoms with E-state index in [9.17, 15) is 4.91 Å². The molecule has 1 N–H and O–H groups in total. The van der Waals surface area contributed by atoms with Crippen LogP contribution in [-0.2, 0) is 6.54 Å². The molecule has 4 heteroatoms. The minimum absolute atomic E-state index is 0.277. The molecule has 3 nitrogen and oxygen atoms in total. The molecule has 0 saturated carbocycles. The van der Waals surface area contributed by atoms with Gasteiger partial charge in [0.15, 0.2) is 0 Å². The fourth-order valence-electron chi connectivity index (χ4n) is 1.50. The Kier molecular flexibility index (Phi) is 3.73. The number of nitrogens with zero attached hydrogens (tertiary/aromatic N) is 1. The average Bonchev–Trinajstić information content (AvgIpc) is 2.39. The molecule has 2 aromatic carbocycles. The Bertz CT molecular complexity index is 514. The van der Waals surface area contributed by atoms with E-state index in [-0.39, 0.29) is 5.69 Å². The number of nitroso groups, excluding NO2 is 1. The van der Waals surface area contributed by atoms with E-state index in [0.29, 0.717) is 11.6 Å². The number of halogens is 1. The van der Waals surface area contributed by atoms with Crippen molar-refractivity contribution in [3.8, 4) is 0 Å². The number of benzene rings is 2. The summed E-state index contributed by atoms with van der Waals surface area (Å²) in [5, 5.41) is 6.50. The summed E-state index contributed by atoms with van der Waals surface area (Å²) in [7, 11) is 0. The van der Waals surface area contributed by atoms with E-state index in [2.05, 4.69) is 10.5 Å². The minimum Gasteiger partial charge on any atom is -0.381 e. The Morgan fingerprint density at radius 1 is 1.12 bits per heavy atom. The van der Waals surface area contributed by atoms with E-state index in [1.807, 2.05) is 36.4 Å². The molecule has 0 bridgehead atoms. The highest BCUT2D eigenvalue weighted by atomic mass is 35.5. The van der Waals surface area contributed by atoms with E-state index in [4.69, 9.17) is 11.6 Å². The predicted molar refractivity (Wildman–Crippen MR) is 70.7 cm³/mol. The molecule has 0 fully saturated rings. The molecule has 0 atom stereocenters. The monoisotopic (exact) mass is 246 g/mol. The summed E-state index contributed by atoms with van der Waals surface area (Å²) in [5.41, 5.74) is 2.27. The highest BCUT2D eigenvalue weighted by molar-refractivity contribution is 6.32. The molecule has 0 spiro atoms. The third-order valence-corrected chi connectivity index (χ3v) is 2.70. The third kappa shape index (κ3) is 3.04. The summed E-state index contributed by atoms with van der Waals surface area (Å²) >= 11 is 5.80. The zero-order valence-corrected chi connectivity index (χ0v) is 9.82. The van der Waals surface area contributed by atoms with Crippen LogP contribution in [0.4, 0.5) is 11.4 Å². The van der Waals surface area contributed by atoms with E-state index < -0.39 is 0 Å². The van der Waals surface area contributed by atoms with Crippen LogP contribution >= 0.6 is 11.6 Å². The van der Waals surface area contributed by atoms with Crippen LogP contribution in [0.25, 0.3) is 0 Å². The van der Waals surface area contributed by atoms with Gasteiger partial charge in [-0.05, 0) is 35.0 Å². The number of hydrogen-bond acceptors (Lipinski definition) is 3. The largest absolute Gasteiger partial charge is 0.381 e. The Labute approximate surface area is 104 Å². The van der Waals surface area contributed by atoms with Gasteiger partial charge in [0.25, 0.3) is 0 Å². The van der Waals surface area contributed by atoms with Crippen molar-refractivity contribution in [1.82, 2.24) is 0 Å². The lowest BCUT2D eigenvalue weighted by Gasteiger charge is -2.06. The van der Waals surface area contributed by atoms with E-state index in [1.54, 1.807) is 12.1 Å². The molecule has 0 radical (unpaired) electrons. The highest BCUT2D eigenvalue weighted by Crippen LogP contribution is 2.25. The molecular formula is C13H11ClN2O. The van der Waals surface area contributed by atoms with Gasteiger partial charge in [0, 0.05) is 12.2 Å². The van der Waals surface area contributed by atoms with Gasteiger partial charge in [-0.3, -0.25) is 0 Å². The fourth-order valence-corrected chi connectivity index (χ4v) is 1.65. The molecule has 2 aromatic rings. The second-order valence-corrected chi connectivity index (χ2v) is 4.00. The van der Waals surface area contributed by atoms with Crippen molar-refractivity contribution >= 4 is 23.0 Å². The van der Waals surface area contributed by atoms with Crippen molar-refractivity contribution in [3.05, 3.63) is 64.0 Å². The summed E-state index contributed by atoms with van der Waals surface area (Å²) in [5.74, 6) is 0.